The molecule has 2 heterocycles. The zero-order valence-electron chi connectivity index (χ0n) is 14.0. The first-order valence-electron chi connectivity index (χ1n) is 7.83. The third-order valence-electron chi connectivity index (χ3n) is 3.82. The normalized spacial score (nSPS) is 18.2. The number of likely N-dealkylation sites (tertiary alicyclic amines) is 1. The molecule has 0 radical (unpaired) electrons. The fourth-order valence-corrected chi connectivity index (χ4v) is 3.85. The number of hydrogen-bond acceptors (Lipinski definition) is 4. The molecule has 1 saturated heterocycles. The highest BCUT2D eigenvalue weighted by molar-refractivity contribution is 9.11. The van der Waals surface area contributed by atoms with Crippen LogP contribution in [0, 0.1) is 11.3 Å². The quantitative estimate of drug-likeness (QED) is 0.728. The summed E-state index contributed by atoms with van der Waals surface area (Å²) in [6.45, 7) is 6.69. The van der Waals surface area contributed by atoms with Crippen LogP contribution in [0.4, 0.5) is 0 Å². The van der Waals surface area contributed by atoms with Crippen LogP contribution in [0.2, 0.25) is 0 Å². The number of amides is 3. The van der Waals surface area contributed by atoms with Crippen molar-refractivity contribution in [2.24, 2.45) is 11.3 Å². The molecule has 1 atom stereocenters. The first-order valence-corrected chi connectivity index (χ1v) is 9.44. The lowest BCUT2D eigenvalue weighted by Crippen LogP contribution is -2.51. The van der Waals surface area contributed by atoms with Gasteiger partial charge in [0.25, 0.3) is 5.91 Å². The van der Waals surface area contributed by atoms with E-state index in [1.165, 1.54) is 11.3 Å². The van der Waals surface area contributed by atoms with Crippen molar-refractivity contribution >= 4 is 45.0 Å². The van der Waals surface area contributed by atoms with Crippen LogP contribution in [0.3, 0.4) is 0 Å². The van der Waals surface area contributed by atoms with Crippen LogP contribution in [0.25, 0.3) is 0 Å². The Morgan fingerprint density at radius 1 is 1.25 bits per heavy atom. The second-order valence-electron chi connectivity index (χ2n) is 6.89. The van der Waals surface area contributed by atoms with E-state index in [4.69, 9.17) is 0 Å². The number of halogens is 1. The smallest absolute Gasteiger partial charge is 0.279 e. The maximum atomic E-state index is 12.4. The van der Waals surface area contributed by atoms with Crippen molar-refractivity contribution in [2.75, 3.05) is 13.1 Å². The lowest BCUT2D eigenvalue weighted by molar-refractivity contribution is -0.143. The fourth-order valence-electron chi connectivity index (χ4n) is 2.57. The fraction of sp³-hybridized carbons (Fsp3) is 0.562. The van der Waals surface area contributed by atoms with Crippen LogP contribution in [-0.4, -0.2) is 35.7 Å². The summed E-state index contributed by atoms with van der Waals surface area (Å²) in [7, 11) is 0. The Bertz CT molecular complexity index is 639. The van der Waals surface area contributed by atoms with Gasteiger partial charge in [-0.1, -0.05) is 20.8 Å². The monoisotopic (exact) mass is 415 g/mol. The molecule has 3 amide bonds. The summed E-state index contributed by atoms with van der Waals surface area (Å²) in [5.41, 5.74) is 4.45. The molecule has 0 bridgehead atoms. The predicted octanol–water partition coefficient (Wildman–Crippen LogP) is 2.56. The second-order valence-corrected chi connectivity index (χ2v) is 9.35. The Balaban J connectivity index is 1.88. The molecule has 0 spiro atoms. The van der Waals surface area contributed by atoms with Crippen molar-refractivity contribution < 1.29 is 14.4 Å². The van der Waals surface area contributed by atoms with Gasteiger partial charge in [0.2, 0.25) is 11.8 Å². The minimum Gasteiger partial charge on any atom is -0.341 e. The molecule has 1 fully saturated rings. The molecule has 1 aromatic rings. The van der Waals surface area contributed by atoms with Crippen LogP contribution in [0.1, 0.15) is 43.3 Å². The summed E-state index contributed by atoms with van der Waals surface area (Å²) in [5.74, 6) is -0.865. The first-order chi connectivity index (χ1) is 11.2. The molecule has 1 aliphatic rings. The van der Waals surface area contributed by atoms with E-state index in [9.17, 15) is 14.4 Å². The molecule has 1 unspecified atom stereocenters. The van der Waals surface area contributed by atoms with Crippen molar-refractivity contribution in [1.82, 2.24) is 15.8 Å². The van der Waals surface area contributed by atoms with Gasteiger partial charge in [-0.15, -0.1) is 11.3 Å². The van der Waals surface area contributed by atoms with Crippen molar-refractivity contribution in [3.63, 3.8) is 0 Å². The molecule has 6 nitrogen and oxygen atoms in total. The largest absolute Gasteiger partial charge is 0.341 e. The number of nitrogens with zero attached hydrogens (tertiary/aromatic N) is 1. The van der Waals surface area contributed by atoms with Gasteiger partial charge in [0.05, 0.1) is 14.6 Å². The molecule has 8 heteroatoms. The minimum absolute atomic E-state index is 0.0486. The second kappa shape index (κ2) is 7.65. The first kappa shape index (κ1) is 18.9. The van der Waals surface area contributed by atoms with E-state index in [1.54, 1.807) is 17.0 Å². The third-order valence-corrected chi connectivity index (χ3v) is 5.44. The standard InChI is InChI=1S/C16H22BrN3O3S/c1-16(2,3)15(23)20-8-4-5-10(9-20)13(21)18-19-14(22)11-6-7-12(17)24-11/h6-7,10H,4-5,8-9H2,1-3H3,(H,18,21)(H,19,22). The number of nitrogens with one attached hydrogen (secondary N) is 2. The summed E-state index contributed by atoms with van der Waals surface area (Å²) < 4.78 is 0.850. The number of piperidine rings is 1. The molecule has 0 aliphatic carbocycles. The van der Waals surface area contributed by atoms with Gasteiger partial charge >= 0.3 is 0 Å². The van der Waals surface area contributed by atoms with E-state index < -0.39 is 5.41 Å². The summed E-state index contributed by atoms with van der Waals surface area (Å²) in [5, 5.41) is 0. The summed E-state index contributed by atoms with van der Waals surface area (Å²) >= 11 is 4.58. The average Bonchev–Trinajstić information content (AvgIpc) is 2.97. The van der Waals surface area contributed by atoms with Crippen LogP contribution >= 0.6 is 27.3 Å². The Labute approximate surface area is 154 Å². The number of carbonyl (C=O) groups is 3. The third kappa shape index (κ3) is 4.80. The molecule has 2 N–H and O–H groups in total. The highest BCUT2D eigenvalue weighted by Gasteiger charge is 2.33. The van der Waals surface area contributed by atoms with E-state index in [1.807, 2.05) is 20.8 Å². The van der Waals surface area contributed by atoms with Gasteiger partial charge < -0.3 is 4.90 Å². The lowest BCUT2D eigenvalue weighted by Gasteiger charge is -2.35. The van der Waals surface area contributed by atoms with Gasteiger partial charge in [-0.25, -0.2) is 0 Å². The van der Waals surface area contributed by atoms with E-state index in [-0.39, 0.29) is 23.6 Å². The molecular weight excluding hydrogens is 394 g/mol. The van der Waals surface area contributed by atoms with Gasteiger partial charge in [0.15, 0.2) is 0 Å². The number of hydrazine groups is 1. The Morgan fingerprint density at radius 2 is 1.96 bits per heavy atom. The number of hydrogen-bond donors (Lipinski definition) is 2. The van der Waals surface area contributed by atoms with E-state index >= 15 is 0 Å². The molecule has 0 saturated carbocycles. The van der Waals surface area contributed by atoms with E-state index in [0.29, 0.717) is 24.4 Å². The topological polar surface area (TPSA) is 78.5 Å². The van der Waals surface area contributed by atoms with Crippen molar-refractivity contribution in [3.05, 3.63) is 20.8 Å². The molecule has 2 rings (SSSR count). The highest BCUT2D eigenvalue weighted by atomic mass is 79.9. The van der Waals surface area contributed by atoms with E-state index in [0.717, 1.165) is 10.2 Å². The van der Waals surface area contributed by atoms with Crippen molar-refractivity contribution in [1.29, 1.82) is 0 Å². The molecule has 132 valence electrons. The number of rotatable bonds is 2. The van der Waals surface area contributed by atoms with Crippen LogP contribution in [0.5, 0.6) is 0 Å². The highest BCUT2D eigenvalue weighted by Crippen LogP contribution is 2.24. The summed E-state index contributed by atoms with van der Waals surface area (Å²) in [6, 6.07) is 3.46. The summed E-state index contributed by atoms with van der Waals surface area (Å²) in [6.07, 6.45) is 1.49. The molecule has 24 heavy (non-hydrogen) atoms. The van der Waals surface area contributed by atoms with Gasteiger partial charge in [0, 0.05) is 18.5 Å². The van der Waals surface area contributed by atoms with Gasteiger partial charge in [-0.05, 0) is 40.9 Å². The van der Waals surface area contributed by atoms with Gasteiger partial charge in [0.1, 0.15) is 0 Å². The van der Waals surface area contributed by atoms with Crippen molar-refractivity contribution in [3.8, 4) is 0 Å². The number of thiophene rings is 1. The summed E-state index contributed by atoms with van der Waals surface area (Å²) in [4.78, 5) is 38.8. The van der Waals surface area contributed by atoms with E-state index in [2.05, 4.69) is 26.8 Å². The number of carbonyl (C=O) groups excluding carboxylic acids is 3. The van der Waals surface area contributed by atoms with Crippen LogP contribution < -0.4 is 10.9 Å². The zero-order valence-corrected chi connectivity index (χ0v) is 16.4. The van der Waals surface area contributed by atoms with Crippen molar-refractivity contribution in [2.45, 2.75) is 33.6 Å². The zero-order chi connectivity index (χ0) is 17.9. The lowest BCUT2D eigenvalue weighted by atomic mass is 9.91. The van der Waals surface area contributed by atoms with Gasteiger partial charge in [-0.2, -0.15) is 0 Å². The minimum atomic E-state index is -0.459. The Morgan fingerprint density at radius 3 is 2.54 bits per heavy atom. The Hall–Kier alpha value is -1.41. The maximum Gasteiger partial charge on any atom is 0.279 e. The molecular formula is C16H22BrN3O3S. The Kier molecular flexibility index (Phi) is 6.03. The molecule has 1 aromatic heterocycles. The molecule has 0 aromatic carbocycles. The SMILES string of the molecule is CC(C)(C)C(=O)N1CCCC(C(=O)NNC(=O)c2ccc(Br)s2)C1. The predicted molar refractivity (Wildman–Crippen MR) is 96.4 cm³/mol. The van der Waals surface area contributed by atoms with Gasteiger partial charge in [-0.3, -0.25) is 25.2 Å². The van der Waals surface area contributed by atoms with Crippen LogP contribution in [-0.2, 0) is 9.59 Å². The molecule has 1 aliphatic heterocycles. The maximum absolute atomic E-state index is 12.4. The van der Waals surface area contributed by atoms with Crippen LogP contribution in [0.15, 0.2) is 15.9 Å². The average molecular weight is 416 g/mol.